The Bertz CT molecular complexity index is 156. The number of nitrogens with two attached hydrogens (primary N) is 2. The van der Waals surface area contributed by atoms with Crippen LogP contribution in [0.25, 0.3) is 0 Å². The number of nitrogens with zero attached hydrogens (tertiary/aromatic N) is 1. The summed E-state index contributed by atoms with van der Waals surface area (Å²) < 4.78 is 0. The van der Waals surface area contributed by atoms with Crippen molar-refractivity contribution in [3.8, 4) is 0 Å². The van der Waals surface area contributed by atoms with Gasteiger partial charge >= 0.3 is 6.03 Å². The summed E-state index contributed by atoms with van der Waals surface area (Å²) in [5.74, 6) is 10.4. The second kappa shape index (κ2) is 4.24. The highest BCUT2D eigenvalue weighted by Crippen LogP contribution is 2.08. The molecule has 1 unspecified atom stereocenters. The van der Waals surface area contributed by atoms with Crippen LogP contribution in [-0.2, 0) is 0 Å². The number of amides is 2. The summed E-state index contributed by atoms with van der Waals surface area (Å²) >= 11 is 0. The van der Waals surface area contributed by atoms with E-state index in [9.17, 15) is 4.79 Å². The van der Waals surface area contributed by atoms with Crippen LogP contribution in [0.1, 0.15) is 19.3 Å². The monoisotopic (exact) mass is 173 g/mol. The molecule has 0 saturated carbocycles. The van der Waals surface area contributed by atoms with E-state index in [0.29, 0.717) is 0 Å². The molecule has 0 bridgehead atoms. The molecule has 6 heteroatoms. The Morgan fingerprint density at radius 1 is 1.58 bits per heavy atom. The van der Waals surface area contributed by atoms with Gasteiger partial charge in [0.2, 0.25) is 0 Å². The average molecular weight is 173 g/mol. The molecule has 0 aromatic rings. The third kappa shape index (κ3) is 2.07. The summed E-state index contributed by atoms with van der Waals surface area (Å²) in [6, 6.07) is -0.464. The maximum Gasteiger partial charge on any atom is 0.347 e. The first-order valence-corrected chi connectivity index (χ1v) is 4.03. The molecular formula is C6H15N5O. The predicted octanol–water partition coefficient (Wildman–Crippen LogP) is -1.15. The van der Waals surface area contributed by atoms with E-state index in [1.165, 1.54) is 0 Å². The zero-order valence-corrected chi connectivity index (χ0v) is 6.92. The lowest BCUT2D eigenvalue weighted by Gasteiger charge is -2.30. The summed E-state index contributed by atoms with van der Waals surface area (Å²) in [6.07, 6.45) is 3.02. The van der Waals surface area contributed by atoms with Crippen LogP contribution in [0.5, 0.6) is 0 Å². The van der Waals surface area contributed by atoms with Crippen LogP contribution in [0.15, 0.2) is 0 Å². The SMILES string of the molecule is NNC(=O)N(N)C1CCCCN1. The Morgan fingerprint density at radius 2 is 2.33 bits per heavy atom. The number of rotatable bonds is 1. The number of urea groups is 1. The Labute approximate surface area is 71.2 Å². The van der Waals surface area contributed by atoms with Crippen LogP contribution in [0.4, 0.5) is 4.79 Å². The lowest BCUT2D eigenvalue weighted by Crippen LogP contribution is -2.58. The van der Waals surface area contributed by atoms with E-state index in [4.69, 9.17) is 11.7 Å². The normalized spacial score (nSPS) is 23.3. The molecule has 1 aliphatic rings. The maximum atomic E-state index is 10.9. The molecule has 70 valence electrons. The molecule has 0 aromatic heterocycles. The van der Waals surface area contributed by atoms with Crippen molar-refractivity contribution in [2.75, 3.05) is 6.54 Å². The van der Waals surface area contributed by atoms with Gasteiger partial charge in [-0.15, -0.1) is 0 Å². The van der Waals surface area contributed by atoms with E-state index in [0.717, 1.165) is 30.8 Å². The number of hydrogen-bond acceptors (Lipinski definition) is 4. The predicted molar refractivity (Wildman–Crippen MR) is 44.4 cm³/mol. The minimum absolute atomic E-state index is 0.0812. The van der Waals surface area contributed by atoms with E-state index in [1.54, 1.807) is 0 Å². The van der Waals surface area contributed by atoms with Gasteiger partial charge in [-0.05, 0) is 25.8 Å². The fourth-order valence-corrected chi connectivity index (χ4v) is 1.29. The van der Waals surface area contributed by atoms with E-state index < -0.39 is 6.03 Å². The van der Waals surface area contributed by atoms with Crippen LogP contribution >= 0.6 is 0 Å². The topological polar surface area (TPSA) is 96.4 Å². The van der Waals surface area contributed by atoms with Crippen LogP contribution in [-0.4, -0.2) is 23.8 Å². The minimum Gasteiger partial charge on any atom is -0.296 e. The van der Waals surface area contributed by atoms with Gasteiger partial charge in [0.15, 0.2) is 0 Å². The number of hydrazine groups is 2. The van der Waals surface area contributed by atoms with Crippen LogP contribution in [0.3, 0.4) is 0 Å². The lowest BCUT2D eigenvalue weighted by molar-refractivity contribution is 0.146. The van der Waals surface area contributed by atoms with Crippen LogP contribution in [0, 0.1) is 0 Å². The van der Waals surface area contributed by atoms with Crippen molar-refractivity contribution in [2.45, 2.75) is 25.4 Å². The molecule has 0 aliphatic carbocycles. The molecule has 1 rings (SSSR count). The van der Waals surface area contributed by atoms with E-state index in [1.807, 2.05) is 5.43 Å². The van der Waals surface area contributed by atoms with Gasteiger partial charge in [0.05, 0.1) is 6.17 Å². The Kier molecular flexibility index (Phi) is 3.27. The highest BCUT2D eigenvalue weighted by atomic mass is 16.2. The first-order chi connectivity index (χ1) is 5.75. The summed E-state index contributed by atoms with van der Waals surface area (Å²) in [5.41, 5.74) is 1.98. The van der Waals surface area contributed by atoms with Gasteiger partial charge in [-0.1, -0.05) is 0 Å². The minimum atomic E-state index is -0.464. The maximum absolute atomic E-state index is 10.9. The number of piperidine rings is 1. The Hall–Kier alpha value is -0.850. The largest absolute Gasteiger partial charge is 0.347 e. The van der Waals surface area contributed by atoms with Crippen molar-refractivity contribution in [3.05, 3.63) is 0 Å². The summed E-state index contributed by atoms with van der Waals surface area (Å²) in [5, 5.41) is 4.22. The van der Waals surface area contributed by atoms with Gasteiger partial charge in [-0.2, -0.15) is 0 Å². The molecule has 1 heterocycles. The van der Waals surface area contributed by atoms with Gasteiger partial charge in [0.1, 0.15) is 0 Å². The number of carbonyl (C=O) groups is 1. The number of carbonyl (C=O) groups excluding carboxylic acids is 1. The van der Waals surface area contributed by atoms with Gasteiger partial charge in [-0.25, -0.2) is 21.5 Å². The summed E-state index contributed by atoms with van der Waals surface area (Å²) in [7, 11) is 0. The highest BCUT2D eigenvalue weighted by molar-refractivity contribution is 5.72. The van der Waals surface area contributed by atoms with Gasteiger partial charge in [0, 0.05) is 0 Å². The van der Waals surface area contributed by atoms with Crippen LogP contribution in [0.2, 0.25) is 0 Å². The molecule has 1 atom stereocenters. The zero-order chi connectivity index (χ0) is 8.97. The van der Waals surface area contributed by atoms with E-state index >= 15 is 0 Å². The Morgan fingerprint density at radius 3 is 2.83 bits per heavy atom. The first kappa shape index (κ1) is 9.24. The highest BCUT2D eigenvalue weighted by Gasteiger charge is 2.21. The van der Waals surface area contributed by atoms with E-state index in [2.05, 4.69) is 5.32 Å². The third-order valence-corrected chi connectivity index (χ3v) is 1.98. The first-order valence-electron chi connectivity index (χ1n) is 4.03. The fraction of sp³-hybridized carbons (Fsp3) is 0.833. The third-order valence-electron chi connectivity index (χ3n) is 1.98. The second-order valence-electron chi connectivity index (χ2n) is 2.82. The molecule has 6 N–H and O–H groups in total. The van der Waals surface area contributed by atoms with Crippen LogP contribution < -0.4 is 22.4 Å². The second-order valence-corrected chi connectivity index (χ2v) is 2.82. The smallest absolute Gasteiger partial charge is 0.296 e. The number of nitrogens with one attached hydrogen (secondary N) is 2. The van der Waals surface area contributed by atoms with E-state index in [-0.39, 0.29) is 6.17 Å². The van der Waals surface area contributed by atoms with Gasteiger partial charge < -0.3 is 0 Å². The molecular weight excluding hydrogens is 158 g/mol. The molecule has 6 nitrogen and oxygen atoms in total. The summed E-state index contributed by atoms with van der Waals surface area (Å²) in [4.78, 5) is 10.9. The molecule has 2 amide bonds. The molecule has 0 aromatic carbocycles. The summed E-state index contributed by atoms with van der Waals surface area (Å²) in [6.45, 7) is 0.899. The standard InChI is InChI=1S/C6H15N5O/c7-10-6(12)11(8)5-3-1-2-4-9-5/h5,9H,1-4,7-8H2,(H,10,12). The molecule has 12 heavy (non-hydrogen) atoms. The Balaban J connectivity index is 2.39. The van der Waals surface area contributed by atoms with Crippen molar-refractivity contribution in [1.29, 1.82) is 0 Å². The zero-order valence-electron chi connectivity index (χ0n) is 6.92. The molecule has 1 fully saturated rings. The molecule has 0 spiro atoms. The van der Waals surface area contributed by atoms with Gasteiger partial charge in [0.25, 0.3) is 0 Å². The van der Waals surface area contributed by atoms with Crippen molar-refractivity contribution in [2.24, 2.45) is 11.7 Å². The van der Waals surface area contributed by atoms with Gasteiger partial charge in [-0.3, -0.25) is 10.7 Å². The average Bonchev–Trinajstić information content (AvgIpc) is 2.17. The van der Waals surface area contributed by atoms with Crippen molar-refractivity contribution in [3.63, 3.8) is 0 Å². The number of hydrogen-bond donors (Lipinski definition) is 4. The molecule has 0 radical (unpaired) electrons. The lowest BCUT2D eigenvalue weighted by atomic mass is 10.1. The molecule has 1 aliphatic heterocycles. The molecule has 1 saturated heterocycles. The van der Waals surface area contributed by atoms with Crippen molar-refractivity contribution in [1.82, 2.24) is 15.8 Å². The fourth-order valence-electron chi connectivity index (χ4n) is 1.29. The van der Waals surface area contributed by atoms with Crippen molar-refractivity contribution < 1.29 is 4.79 Å². The quantitative estimate of drug-likeness (QED) is 0.228. The van der Waals surface area contributed by atoms with Crippen molar-refractivity contribution >= 4 is 6.03 Å².